The van der Waals surface area contributed by atoms with Gasteiger partial charge in [-0.25, -0.2) is 4.79 Å². The lowest BCUT2D eigenvalue weighted by Crippen LogP contribution is -2.42. The molecule has 0 aromatic rings. The second kappa shape index (κ2) is 4.55. The molecule has 1 aliphatic rings. The minimum atomic E-state index is -5.23. The molecular weight excluding hydrogens is 253 g/mol. The van der Waals surface area contributed by atoms with Gasteiger partial charge in [-0.15, -0.1) is 0 Å². The van der Waals surface area contributed by atoms with Gasteiger partial charge in [0, 0.05) is 13.1 Å². The molecule has 1 heterocycles. The summed E-state index contributed by atoms with van der Waals surface area (Å²) in [6.07, 6.45) is -3.99. The Morgan fingerprint density at radius 3 is 2.19 bits per heavy atom. The highest BCUT2D eigenvalue weighted by molar-refractivity contribution is 7.87. The molecule has 6 nitrogen and oxygen atoms in total. The van der Waals surface area contributed by atoms with Crippen molar-refractivity contribution in [2.75, 3.05) is 13.1 Å². The van der Waals surface area contributed by atoms with E-state index < -0.39 is 22.4 Å². The monoisotopic (exact) mass is 262 g/mol. The van der Waals surface area contributed by atoms with E-state index in [1.54, 1.807) is 0 Å². The molecular formula is C6H9F3N2O4S. The van der Waals surface area contributed by atoms with Crippen molar-refractivity contribution in [3.63, 3.8) is 0 Å². The van der Waals surface area contributed by atoms with Crippen LogP contribution in [0.3, 0.4) is 0 Å². The van der Waals surface area contributed by atoms with Crippen LogP contribution in [0.1, 0.15) is 12.8 Å². The van der Waals surface area contributed by atoms with Crippen LogP contribution < -0.4 is 4.89 Å². The highest BCUT2D eigenvalue weighted by Gasteiger charge is 2.42. The van der Waals surface area contributed by atoms with Gasteiger partial charge in [0.05, 0.1) is 0 Å². The van der Waals surface area contributed by atoms with Crippen molar-refractivity contribution in [1.82, 2.24) is 9.19 Å². The van der Waals surface area contributed by atoms with E-state index in [4.69, 9.17) is 0 Å². The van der Waals surface area contributed by atoms with Gasteiger partial charge in [0.2, 0.25) is 0 Å². The first kappa shape index (κ1) is 13.2. The van der Waals surface area contributed by atoms with Crippen molar-refractivity contribution in [1.29, 1.82) is 0 Å². The summed E-state index contributed by atoms with van der Waals surface area (Å²) in [5, 5.41) is 0. The third kappa shape index (κ3) is 3.32. The standard InChI is InChI=1S/C6H9F3N2O4S/c7-6(8,9)5(12)15-10-16(13,14)11-3-1-2-4-11/h10H,1-4H2. The van der Waals surface area contributed by atoms with Gasteiger partial charge in [-0.2, -0.15) is 25.9 Å². The number of carbonyl (C=O) groups excluding carboxylic acids is 1. The molecule has 0 atom stereocenters. The zero-order valence-corrected chi connectivity index (χ0v) is 8.77. The number of hydrogen-bond donors (Lipinski definition) is 1. The summed E-state index contributed by atoms with van der Waals surface area (Å²) in [7, 11) is -4.18. The third-order valence-electron chi connectivity index (χ3n) is 1.88. The summed E-state index contributed by atoms with van der Waals surface area (Å²) in [5.41, 5.74) is 0. The van der Waals surface area contributed by atoms with E-state index in [0.29, 0.717) is 12.8 Å². The Bertz CT molecular complexity index is 360. The van der Waals surface area contributed by atoms with Crippen molar-refractivity contribution >= 4 is 16.2 Å². The summed E-state index contributed by atoms with van der Waals surface area (Å²) in [5.74, 6) is -2.60. The van der Waals surface area contributed by atoms with E-state index in [2.05, 4.69) is 4.84 Å². The van der Waals surface area contributed by atoms with Crippen LogP contribution in [0.4, 0.5) is 13.2 Å². The molecule has 1 saturated heterocycles. The summed E-state index contributed by atoms with van der Waals surface area (Å²) >= 11 is 0. The number of halogens is 3. The average molecular weight is 262 g/mol. The first-order valence-electron chi connectivity index (χ1n) is 4.28. The van der Waals surface area contributed by atoms with Crippen LogP contribution in [-0.2, 0) is 19.8 Å². The smallest absolute Gasteiger partial charge is 0.347 e. The summed E-state index contributed by atoms with van der Waals surface area (Å²) in [4.78, 5) is 14.8. The van der Waals surface area contributed by atoms with Crippen LogP contribution in [0.5, 0.6) is 0 Å². The fourth-order valence-electron chi connectivity index (χ4n) is 1.13. The van der Waals surface area contributed by atoms with E-state index in [1.807, 2.05) is 0 Å². The minimum absolute atomic E-state index is 0.193. The Kier molecular flexibility index (Phi) is 3.76. The van der Waals surface area contributed by atoms with Gasteiger partial charge in [0.25, 0.3) is 0 Å². The van der Waals surface area contributed by atoms with Crippen molar-refractivity contribution in [3.05, 3.63) is 0 Å². The highest BCUT2D eigenvalue weighted by atomic mass is 32.2. The molecule has 0 aromatic heterocycles. The molecule has 0 bridgehead atoms. The molecule has 10 heteroatoms. The minimum Gasteiger partial charge on any atom is -0.347 e. The van der Waals surface area contributed by atoms with Crippen LogP contribution in [0, 0.1) is 0 Å². The van der Waals surface area contributed by atoms with Crippen molar-refractivity contribution in [2.45, 2.75) is 19.0 Å². The molecule has 1 aliphatic heterocycles. The molecule has 0 aromatic carbocycles. The van der Waals surface area contributed by atoms with Crippen LogP contribution in [0.2, 0.25) is 0 Å². The van der Waals surface area contributed by atoms with Crippen molar-refractivity contribution in [3.8, 4) is 0 Å². The van der Waals surface area contributed by atoms with Crippen LogP contribution in [-0.4, -0.2) is 38.0 Å². The fourth-order valence-corrected chi connectivity index (χ4v) is 2.15. The normalized spacial score (nSPS) is 18.7. The van der Waals surface area contributed by atoms with Crippen molar-refractivity contribution < 1.29 is 31.2 Å². The molecule has 0 amide bonds. The molecule has 0 radical (unpaired) electrons. The summed E-state index contributed by atoms with van der Waals surface area (Å²) < 4.78 is 58.4. The number of hydrogen-bond acceptors (Lipinski definition) is 4. The maximum atomic E-state index is 11.7. The molecule has 16 heavy (non-hydrogen) atoms. The second-order valence-electron chi connectivity index (χ2n) is 3.08. The molecule has 1 fully saturated rings. The van der Waals surface area contributed by atoms with Gasteiger partial charge >= 0.3 is 22.4 Å². The topological polar surface area (TPSA) is 75.7 Å². The predicted octanol–water partition coefficient (Wildman–Crippen LogP) is -0.0629. The SMILES string of the molecule is O=C(ONS(=O)(=O)N1CCCC1)C(F)(F)F. The third-order valence-corrected chi connectivity index (χ3v) is 3.22. The summed E-state index contributed by atoms with van der Waals surface area (Å²) in [6.45, 7) is 0.387. The van der Waals surface area contributed by atoms with Gasteiger partial charge in [-0.05, 0) is 17.7 Å². The number of nitrogens with zero attached hydrogens (tertiary/aromatic N) is 1. The first-order valence-corrected chi connectivity index (χ1v) is 5.72. The van der Waals surface area contributed by atoms with Crippen LogP contribution in [0.15, 0.2) is 0 Å². The zero-order chi connectivity index (χ0) is 12.4. The average Bonchev–Trinajstić information content (AvgIpc) is 2.65. The Hall–Kier alpha value is -0.870. The molecule has 0 aliphatic carbocycles. The van der Waals surface area contributed by atoms with Gasteiger partial charge in [0.1, 0.15) is 0 Å². The molecule has 94 valence electrons. The largest absolute Gasteiger partial charge is 0.492 e. The first-order chi connectivity index (χ1) is 7.23. The second-order valence-corrected chi connectivity index (χ2v) is 4.72. The van der Waals surface area contributed by atoms with Gasteiger partial charge in [0.15, 0.2) is 0 Å². The van der Waals surface area contributed by atoms with Crippen molar-refractivity contribution in [2.24, 2.45) is 0 Å². The number of alkyl halides is 3. The van der Waals surface area contributed by atoms with E-state index in [1.165, 1.54) is 0 Å². The lowest BCUT2D eigenvalue weighted by Gasteiger charge is -2.15. The Balaban J connectivity index is 2.51. The van der Waals surface area contributed by atoms with Gasteiger partial charge in [-0.3, -0.25) is 0 Å². The van der Waals surface area contributed by atoms with Gasteiger partial charge < -0.3 is 4.84 Å². The Morgan fingerprint density at radius 2 is 1.75 bits per heavy atom. The lowest BCUT2D eigenvalue weighted by molar-refractivity contribution is -0.203. The Labute approximate surface area is 89.5 Å². The molecule has 0 saturated carbocycles. The molecule has 1 rings (SSSR count). The van der Waals surface area contributed by atoms with Crippen LogP contribution in [0.25, 0.3) is 0 Å². The maximum absolute atomic E-state index is 11.7. The molecule has 0 unspecified atom stereocenters. The van der Waals surface area contributed by atoms with E-state index in [-0.39, 0.29) is 13.1 Å². The number of nitrogens with one attached hydrogen (secondary N) is 1. The predicted molar refractivity (Wildman–Crippen MR) is 45.0 cm³/mol. The molecule has 1 N–H and O–H groups in total. The van der Waals surface area contributed by atoms with E-state index >= 15 is 0 Å². The fraction of sp³-hybridized carbons (Fsp3) is 0.833. The quantitative estimate of drug-likeness (QED) is 0.723. The zero-order valence-electron chi connectivity index (χ0n) is 7.95. The molecule has 0 spiro atoms. The number of rotatable bonds is 3. The maximum Gasteiger partial charge on any atom is 0.492 e. The highest BCUT2D eigenvalue weighted by Crippen LogP contribution is 2.16. The lowest BCUT2D eigenvalue weighted by atomic mass is 10.4. The van der Waals surface area contributed by atoms with E-state index in [9.17, 15) is 26.4 Å². The number of carbonyl (C=O) groups is 1. The van der Waals surface area contributed by atoms with E-state index in [0.717, 1.165) is 9.19 Å². The Morgan fingerprint density at radius 1 is 1.25 bits per heavy atom. The van der Waals surface area contributed by atoms with Gasteiger partial charge in [-0.1, -0.05) is 0 Å². The van der Waals surface area contributed by atoms with Crippen LogP contribution >= 0.6 is 0 Å². The summed E-state index contributed by atoms with van der Waals surface area (Å²) in [6, 6.07) is 0.